The molecule has 5 rings (SSSR count). The number of hydrazone groups is 1. The monoisotopic (exact) mass is 348 g/mol. The number of para-hydroxylation sites is 1. The number of benzene rings is 1. The fourth-order valence-electron chi connectivity index (χ4n) is 3.37. The van der Waals surface area contributed by atoms with Crippen LogP contribution in [0.4, 0.5) is 5.82 Å². The molecule has 0 atom stereocenters. The van der Waals surface area contributed by atoms with Gasteiger partial charge in [0.1, 0.15) is 22.5 Å². The van der Waals surface area contributed by atoms with Gasteiger partial charge in [0.25, 0.3) is 0 Å². The fourth-order valence-corrected chi connectivity index (χ4v) is 4.59. The quantitative estimate of drug-likeness (QED) is 0.428. The van der Waals surface area contributed by atoms with Crippen LogP contribution in [0.3, 0.4) is 0 Å². The van der Waals surface area contributed by atoms with Crippen molar-refractivity contribution >= 4 is 44.1 Å². The van der Waals surface area contributed by atoms with Crippen molar-refractivity contribution in [1.82, 2.24) is 9.97 Å². The van der Waals surface area contributed by atoms with Gasteiger partial charge in [-0.2, -0.15) is 5.10 Å². The number of furan rings is 1. The summed E-state index contributed by atoms with van der Waals surface area (Å²) >= 11 is 1.78. The first kappa shape index (κ1) is 14.6. The van der Waals surface area contributed by atoms with Crippen LogP contribution in [0.5, 0.6) is 0 Å². The van der Waals surface area contributed by atoms with E-state index in [1.165, 1.54) is 16.9 Å². The van der Waals surface area contributed by atoms with Crippen molar-refractivity contribution < 1.29 is 4.42 Å². The Balaban J connectivity index is 1.51. The summed E-state index contributed by atoms with van der Waals surface area (Å²) in [5, 5.41) is 6.70. The minimum Gasteiger partial charge on any atom is -0.455 e. The smallest absolute Gasteiger partial charge is 0.158 e. The molecule has 5 nitrogen and oxygen atoms in total. The Morgan fingerprint density at radius 3 is 3.08 bits per heavy atom. The molecule has 3 aromatic heterocycles. The third kappa shape index (κ3) is 2.41. The van der Waals surface area contributed by atoms with E-state index in [2.05, 4.69) is 20.5 Å². The fraction of sp³-hybridized carbons (Fsp3) is 0.211. The van der Waals surface area contributed by atoms with E-state index >= 15 is 0 Å². The molecule has 25 heavy (non-hydrogen) atoms. The standard InChI is InChI=1S/C19H16N4OS/c1-11(15-9-12-5-2-3-7-14(12)24-15)22-23-18-17-13-6-4-8-16(13)25-19(17)21-10-20-18/h2-3,5,7,9-10H,4,6,8H2,1H3,(H,20,21,23). The van der Waals surface area contributed by atoms with Gasteiger partial charge in [0, 0.05) is 10.3 Å². The van der Waals surface area contributed by atoms with Crippen molar-refractivity contribution in [2.45, 2.75) is 26.2 Å². The maximum atomic E-state index is 5.86. The average molecular weight is 348 g/mol. The summed E-state index contributed by atoms with van der Waals surface area (Å²) in [5.74, 6) is 1.54. The molecule has 0 unspecified atom stereocenters. The van der Waals surface area contributed by atoms with E-state index in [4.69, 9.17) is 4.42 Å². The topological polar surface area (TPSA) is 63.3 Å². The summed E-state index contributed by atoms with van der Waals surface area (Å²) in [6.07, 6.45) is 5.07. The van der Waals surface area contributed by atoms with Crippen molar-refractivity contribution in [3.05, 3.63) is 52.9 Å². The molecule has 0 saturated carbocycles. The molecule has 3 heterocycles. The number of hydrogen-bond donors (Lipinski definition) is 1. The van der Waals surface area contributed by atoms with E-state index < -0.39 is 0 Å². The predicted molar refractivity (Wildman–Crippen MR) is 101 cm³/mol. The van der Waals surface area contributed by atoms with Crippen molar-refractivity contribution in [2.24, 2.45) is 5.10 Å². The first-order valence-corrected chi connectivity index (χ1v) is 9.16. The minimum atomic E-state index is 0.759. The molecule has 0 saturated heterocycles. The Morgan fingerprint density at radius 2 is 2.16 bits per heavy atom. The van der Waals surface area contributed by atoms with Crippen molar-refractivity contribution in [1.29, 1.82) is 0 Å². The SMILES string of the molecule is CC(=NNc1ncnc2sc3c(c12)CCC3)c1cc2ccccc2o1. The molecule has 124 valence electrons. The molecule has 0 fully saturated rings. The van der Waals surface area contributed by atoms with Crippen molar-refractivity contribution in [3.8, 4) is 0 Å². The van der Waals surface area contributed by atoms with E-state index in [0.29, 0.717) is 0 Å². The van der Waals surface area contributed by atoms with Gasteiger partial charge in [-0.25, -0.2) is 9.97 Å². The second-order valence-corrected chi connectivity index (χ2v) is 7.30. The van der Waals surface area contributed by atoms with Gasteiger partial charge < -0.3 is 4.42 Å². The number of thiophene rings is 1. The molecule has 0 bridgehead atoms. The highest BCUT2D eigenvalue weighted by molar-refractivity contribution is 7.19. The summed E-state index contributed by atoms with van der Waals surface area (Å²) < 4.78 is 5.86. The molecular formula is C19H16N4OS. The van der Waals surface area contributed by atoms with Crippen LogP contribution < -0.4 is 5.43 Å². The Morgan fingerprint density at radius 1 is 1.24 bits per heavy atom. The largest absolute Gasteiger partial charge is 0.455 e. The molecule has 1 aliphatic carbocycles. The highest BCUT2D eigenvalue weighted by Crippen LogP contribution is 2.39. The van der Waals surface area contributed by atoms with Gasteiger partial charge in [0.15, 0.2) is 11.6 Å². The van der Waals surface area contributed by atoms with Gasteiger partial charge in [0.2, 0.25) is 0 Å². The van der Waals surface area contributed by atoms with Crippen molar-refractivity contribution in [3.63, 3.8) is 0 Å². The normalized spacial score (nSPS) is 14.4. The highest BCUT2D eigenvalue weighted by atomic mass is 32.1. The minimum absolute atomic E-state index is 0.759. The van der Waals surface area contributed by atoms with Crippen LogP contribution in [0.25, 0.3) is 21.2 Å². The molecule has 0 aliphatic heterocycles. The van der Waals surface area contributed by atoms with Crippen LogP contribution in [0, 0.1) is 0 Å². The zero-order valence-corrected chi connectivity index (χ0v) is 14.6. The molecule has 1 N–H and O–H groups in total. The van der Waals surface area contributed by atoms with Gasteiger partial charge in [-0.3, -0.25) is 5.43 Å². The van der Waals surface area contributed by atoms with Gasteiger partial charge in [-0.05, 0) is 43.9 Å². The van der Waals surface area contributed by atoms with Gasteiger partial charge in [-0.1, -0.05) is 18.2 Å². The number of aromatic nitrogens is 2. The number of fused-ring (bicyclic) bond motifs is 4. The van der Waals surface area contributed by atoms with Crippen LogP contribution in [-0.4, -0.2) is 15.7 Å². The van der Waals surface area contributed by atoms with Gasteiger partial charge in [0.05, 0.1) is 5.39 Å². The van der Waals surface area contributed by atoms with E-state index in [0.717, 1.165) is 51.3 Å². The van der Waals surface area contributed by atoms with Crippen LogP contribution in [-0.2, 0) is 12.8 Å². The lowest BCUT2D eigenvalue weighted by Crippen LogP contribution is -2.00. The Labute approximate surface area is 148 Å². The third-order valence-corrected chi connectivity index (χ3v) is 5.81. The van der Waals surface area contributed by atoms with Crippen LogP contribution in [0.1, 0.15) is 29.5 Å². The number of anilines is 1. The third-order valence-electron chi connectivity index (χ3n) is 4.61. The Kier molecular flexibility index (Phi) is 3.31. The van der Waals surface area contributed by atoms with Crippen LogP contribution >= 0.6 is 11.3 Å². The average Bonchev–Trinajstić information content (AvgIpc) is 3.32. The second-order valence-electron chi connectivity index (χ2n) is 6.22. The Hall–Kier alpha value is -2.73. The zero-order valence-electron chi connectivity index (χ0n) is 13.7. The molecule has 0 amide bonds. The summed E-state index contributed by atoms with van der Waals surface area (Å²) in [6.45, 7) is 1.93. The Bertz CT molecular complexity index is 1090. The maximum absolute atomic E-state index is 5.86. The van der Waals surface area contributed by atoms with Gasteiger partial charge >= 0.3 is 0 Å². The second kappa shape index (κ2) is 5.67. The lowest BCUT2D eigenvalue weighted by molar-refractivity contribution is 0.604. The first-order chi connectivity index (χ1) is 12.3. The summed E-state index contributed by atoms with van der Waals surface area (Å²) in [7, 11) is 0. The molecule has 1 aromatic carbocycles. The molecular weight excluding hydrogens is 332 g/mol. The molecule has 6 heteroatoms. The van der Waals surface area contributed by atoms with Crippen molar-refractivity contribution in [2.75, 3.05) is 5.43 Å². The van der Waals surface area contributed by atoms with E-state index in [1.807, 2.05) is 37.3 Å². The number of rotatable bonds is 3. The predicted octanol–water partition coefficient (Wildman–Crippen LogP) is 4.76. The van der Waals surface area contributed by atoms with E-state index in [9.17, 15) is 0 Å². The number of nitrogens with one attached hydrogen (secondary N) is 1. The van der Waals surface area contributed by atoms with E-state index in [1.54, 1.807) is 17.7 Å². The molecule has 0 radical (unpaired) electrons. The summed E-state index contributed by atoms with van der Waals surface area (Å²) in [5.41, 5.74) is 6.17. The summed E-state index contributed by atoms with van der Waals surface area (Å²) in [6, 6.07) is 9.97. The lowest BCUT2D eigenvalue weighted by Gasteiger charge is -2.03. The summed E-state index contributed by atoms with van der Waals surface area (Å²) in [4.78, 5) is 11.3. The maximum Gasteiger partial charge on any atom is 0.158 e. The van der Waals surface area contributed by atoms with Crippen LogP contribution in [0.2, 0.25) is 0 Å². The molecule has 1 aliphatic rings. The van der Waals surface area contributed by atoms with E-state index in [-0.39, 0.29) is 0 Å². The van der Waals surface area contributed by atoms with Crippen LogP contribution in [0.15, 0.2) is 46.2 Å². The molecule has 4 aromatic rings. The van der Waals surface area contributed by atoms with Gasteiger partial charge in [-0.15, -0.1) is 11.3 Å². The number of aryl methyl sites for hydroxylation is 2. The molecule has 0 spiro atoms. The number of hydrogen-bond acceptors (Lipinski definition) is 6. The lowest BCUT2D eigenvalue weighted by atomic mass is 10.2. The number of nitrogens with zero attached hydrogens (tertiary/aromatic N) is 3. The zero-order chi connectivity index (χ0) is 16.8. The first-order valence-electron chi connectivity index (χ1n) is 8.34. The highest BCUT2D eigenvalue weighted by Gasteiger charge is 2.21.